The third kappa shape index (κ3) is 2.76. The summed E-state index contributed by atoms with van der Waals surface area (Å²) in [7, 11) is 1.72. The normalized spacial score (nSPS) is 13.0. The van der Waals surface area contributed by atoms with Gasteiger partial charge in [-0.2, -0.15) is 0 Å². The van der Waals surface area contributed by atoms with Crippen LogP contribution in [0.3, 0.4) is 0 Å². The number of halogens is 1. The highest BCUT2D eigenvalue weighted by molar-refractivity contribution is 6.03. The van der Waals surface area contributed by atoms with Gasteiger partial charge >= 0.3 is 6.03 Å². The van der Waals surface area contributed by atoms with E-state index in [9.17, 15) is 14.0 Å². The zero-order chi connectivity index (χ0) is 15.7. The molecule has 0 aliphatic carbocycles. The predicted molar refractivity (Wildman–Crippen MR) is 82.6 cm³/mol. The van der Waals surface area contributed by atoms with E-state index in [1.807, 2.05) is 0 Å². The molecular weight excluding hydrogens is 285 g/mol. The third-order valence-corrected chi connectivity index (χ3v) is 3.52. The molecule has 1 aliphatic heterocycles. The molecule has 2 aromatic carbocycles. The third-order valence-electron chi connectivity index (χ3n) is 3.52. The lowest BCUT2D eigenvalue weighted by Gasteiger charge is -2.11. The van der Waals surface area contributed by atoms with E-state index in [0.29, 0.717) is 17.8 Å². The summed E-state index contributed by atoms with van der Waals surface area (Å²) in [6.07, 6.45) is 0.334. The monoisotopic (exact) mass is 299 g/mol. The second kappa shape index (κ2) is 5.48. The highest BCUT2D eigenvalue weighted by atomic mass is 19.1. The average molecular weight is 299 g/mol. The van der Waals surface area contributed by atoms with Gasteiger partial charge in [0, 0.05) is 24.1 Å². The fourth-order valence-electron chi connectivity index (χ4n) is 2.37. The van der Waals surface area contributed by atoms with Crippen molar-refractivity contribution in [2.24, 2.45) is 0 Å². The lowest BCUT2D eigenvalue weighted by atomic mass is 10.1. The maximum absolute atomic E-state index is 12.8. The number of anilines is 3. The first-order chi connectivity index (χ1) is 10.5. The van der Waals surface area contributed by atoms with Crippen molar-refractivity contribution in [2.45, 2.75) is 6.42 Å². The molecule has 3 rings (SSSR count). The lowest BCUT2D eigenvalue weighted by Crippen LogP contribution is -2.20. The average Bonchev–Trinajstić information content (AvgIpc) is 2.76. The second-order valence-electron chi connectivity index (χ2n) is 5.06. The Balaban J connectivity index is 1.69. The number of benzene rings is 2. The van der Waals surface area contributed by atoms with Crippen molar-refractivity contribution in [1.29, 1.82) is 0 Å². The van der Waals surface area contributed by atoms with Gasteiger partial charge < -0.3 is 15.5 Å². The van der Waals surface area contributed by atoms with Gasteiger partial charge in [0.2, 0.25) is 5.91 Å². The summed E-state index contributed by atoms with van der Waals surface area (Å²) in [5.74, 6) is -0.332. The van der Waals surface area contributed by atoms with Crippen LogP contribution in [0.25, 0.3) is 0 Å². The van der Waals surface area contributed by atoms with Gasteiger partial charge in [-0.3, -0.25) is 4.79 Å². The van der Waals surface area contributed by atoms with Crippen LogP contribution in [-0.4, -0.2) is 19.0 Å². The van der Waals surface area contributed by atoms with Crippen LogP contribution < -0.4 is 15.5 Å². The van der Waals surface area contributed by atoms with Gasteiger partial charge in [0.25, 0.3) is 0 Å². The van der Waals surface area contributed by atoms with E-state index in [0.717, 1.165) is 11.3 Å². The van der Waals surface area contributed by atoms with Crippen molar-refractivity contribution < 1.29 is 14.0 Å². The zero-order valence-corrected chi connectivity index (χ0v) is 11.9. The molecule has 0 bridgehead atoms. The second-order valence-corrected chi connectivity index (χ2v) is 5.06. The first-order valence-corrected chi connectivity index (χ1v) is 6.76. The Bertz CT molecular complexity index is 744. The van der Waals surface area contributed by atoms with Gasteiger partial charge in [-0.1, -0.05) is 0 Å². The van der Waals surface area contributed by atoms with Crippen LogP contribution in [0.2, 0.25) is 0 Å². The summed E-state index contributed by atoms with van der Waals surface area (Å²) < 4.78 is 12.8. The van der Waals surface area contributed by atoms with Crippen LogP contribution in [-0.2, 0) is 11.2 Å². The van der Waals surface area contributed by atoms with E-state index in [4.69, 9.17) is 0 Å². The summed E-state index contributed by atoms with van der Waals surface area (Å²) >= 11 is 0. The van der Waals surface area contributed by atoms with Gasteiger partial charge in [0.15, 0.2) is 0 Å². The Morgan fingerprint density at radius 2 is 1.73 bits per heavy atom. The molecule has 1 aliphatic rings. The minimum absolute atomic E-state index is 0.0305. The molecule has 5 nitrogen and oxygen atoms in total. The lowest BCUT2D eigenvalue weighted by molar-refractivity contribution is -0.117. The Morgan fingerprint density at radius 3 is 2.45 bits per heavy atom. The van der Waals surface area contributed by atoms with Crippen molar-refractivity contribution in [1.82, 2.24) is 0 Å². The molecule has 0 radical (unpaired) electrons. The van der Waals surface area contributed by atoms with Crippen LogP contribution >= 0.6 is 0 Å². The maximum Gasteiger partial charge on any atom is 0.323 e. The molecule has 0 spiro atoms. The van der Waals surface area contributed by atoms with E-state index in [1.54, 1.807) is 30.1 Å². The van der Waals surface area contributed by atoms with E-state index in [1.165, 1.54) is 24.3 Å². The molecule has 0 aromatic heterocycles. The van der Waals surface area contributed by atoms with Gasteiger partial charge in [-0.15, -0.1) is 0 Å². The smallest absolute Gasteiger partial charge is 0.315 e. The molecule has 0 saturated heterocycles. The number of amides is 3. The number of hydrogen-bond donors (Lipinski definition) is 2. The number of carbonyl (C=O) groups is 2. The van der Waals surface area contributed by atoms with Crippen LogP contribution in [0.15, 0.2) is 42.5 Å². The standard InChI is InChI=1S/C16H14FN3O2/c1-20-14-7-6-13(8-10(14)9-15(20)21)19-16(22)18-12-4-2-11(17)3-5-12/h2-8H,9H2,1H3,(H2,18,19,22). The van der Waals surface area contributed by atoms with E-state index < -0.39 is 6.03 Å². The SMILES string of the molecule is CN1C(=O)Cc2cc(NC(=O)Nc3ccc(F)cc3)ccc21. The number of hydrogen-bond acceptors (Lipinski definition) is 2. The van der Waals surface area contributed by atoms with Crippen molar-refractivity contribution in [3.8, 4) is 0 Å². The topological polar surface area (TPSA) is 61.4 Å². The number of nitrogens with one attached hydrogen (secondary N) is 2. The number of likely N-dealkylation sites (N-methyl/N-ethyl adjacent to an activating group) is 1. The molecule has 0 unspecified atom stereocenters. The molecule has 2 aromatic rings. The van der Waals surface area contributed by atoms with Gasteiger partial charge in [-0.25, -0.2) is 9.18 Å². The zero-order valence-electron chi connectivity index (χ0n) is 11.9. The highest BCUT2D eigenvalue weighted by Gasteiger charge is 2.23. The van der Waals surface area contributed by atoms with Crippen molar-refractivity contribution in [2.75, 3.05) is 22.6 Å². The fourth-order valence-corrected chi connectivity index (χ4v) is 2.37. The van der Waals surface area contributed by atoms with Crippen molar-refractivity contribution in [3.05, 3.63) is 53.8 Å². The van der Waals surface area contributed by atoms with Gasteiger partial charge in [-0.05, 0) is 48.0 Å². The minimum Gasteiger partial charge on any atom is -0.315 e. The summed E-state index contributed by atoms with van der Waals surface area (Å²) in [5, 5.41) is 5.30. The maximum atomic E-state index is 12.8. The Hall–Kier alpha value is -2.89. The summed E-state index contributed by atoms with van der Waals surface area (Å²) in [5.41, 5.74) is 2.83. The van der Waals surface area contributed by atoms with Crippen molar-refractivity contribution in [3.63, 3.8) is 0 Å². The highest BCUT2D eigenvalue weighted by Crippen LogP contribution is 2.29. The predicted octanol–water partition coefficient (Wildman–Crippen LogP) is 2.99. The number of nitrogens with zero attached hydrogens (tertiary/aromatic N) is 1. The van der Waals surface area contributed by atoms with Gasteiger partial charge in [0.05, 0.1) is 6.42 Å². The van der Waals surface area contributed by atoms with Crippen LogP contribution in [0.1, 0.15) is 5.56 Å². The Labute approximate surface area is 126 Å². The summed E-state index contributed by atoms with van der Waals surface area (Å²) in [4.78, 5) is 25.1. The van der Waals surface area contributed by atoms with E-state index in [-0.39, 0.29) is 11.7 Å². The summed E-state index contributed by atoms with van der Waals surface area (Å²) in [6, 6.07) is 10.4. The first-order valence-electron chi connectivity index (χ1n) is 6.76. The molecule has 0 saturated carbocycles. The molecular formula is C16H14FN3O2. The number of rotatable bonds is 2. The van der Waals surface area contributed by atoms with Gasteiger partial charge in [0.1, 0.15) is 5.82 Å². The minimum atomic E-state index is -0.427. The van der Waals surface area contributed by atoms with Crippen LogP contribution in [0, 0.1) is 5.82 Å². The molecule has 6 heteroatoms. The number of carbonyl (C=O) groups excluding carboxylic acids is 2. The first kappa shape index (κ1) is 14.1. The summed E-state index contributed by atoms with van der Waals surface area (Å²) in [6.45, 7) is 0. The fraction of sp³-hybridized carbons (Fsp3) is 0.125. The molecule has 22 heavy (non-hydrogen) atoms. The van der Waals surface area contributed by atoms with E-state index >= 15 is 0 Å². The van der Waals surface area contributed by atoms with Crippen LogP contribution in [0.4, 0.5) is 26.2 Å². The number of urea groups is 1. The van der Waals surface area contributed by atoms with Crippen molar-refractivity contribution >= 4 is 29.0 Å². The molecule has 3 amide bonds. The molecule has 1 heterocycles. The Morgan fingerprint density at radius 1 is 1.09 bits per heavy atom. The molecule has 112 valence electrons. The number of fused-ring (bicyclic) bond motifs is 1. The Kier molecular flexibility index (Phi) is 3.50. The largest absolute Gasteiger partial charge is 0.323 e. The quantitative estimate of drug-likeness (QED) is 0.895. The molecule has 0 fully saturated rings. The van der Waals surface area contributed by atoms with Crippen LogP contribution in [0.5, 0.6) is 0 Å². The molecule has 2 N–H and O–H groups in total. The molecule has 0 atom stereocenters. The van der Waals surface area contributed by atoms with E-state index in [2.05, 4.69) is 10.6 Å².